The lowest BCUT2D eigenvalue weighted by Gasteiger charge is -2.25. The summed E-state index contributed by atoms with van der Waals surface area (Å²) < 4.78 is 11.2. The van der Waals surface area contributed by atoms with E-state index >= 15 is 0 Å². The van der Waals surface area contributed by atoms with Crippen LogP contribution in [0, 0.1) is 6.92 Å². The van der Waals surface area contributed by atoms with Crippen molar-refractivity contribution in [2.24, 2.45) is 0 Å². The van der Waals surface area contributed by atoms with Gasteiger partial charge in [0.05, 0.1) is 18.4 Å². The number of ketones is 1. The van der Waals surface area contributed by atoms with E-state index in [0.717, 1.165) is 6.42 Å². The third-order valence-electron chi connectivity index (χ3n) is 5.26. The molecule has 0 spiro atoms. The number of rotatable bonds is 6. The van der Waals surface area contributed by atoms with Crippen molar-refractivity contribution < 1.29 is 23.8 Å². The molecule has 32 heavy (non-hydrogen) atoms. The first kappa shape index (κ1) is 21.7. The molecule has 0 aliphatic carbocycles. The number of aryl methyl sites for hydroxylation is 1. The van der Waals surface area contributed by atoms with Crippen molar-refractivity contribution in [1.82, 2.24) is 0 Å². The molecule has 1 fully saturated rings. The van der Waals surface area contributed by atoms with E-state index in [0.29, 0.717) is 40.0 Å². The van der Waals surface area contributed by atoms with Crippen molar-refractivity contribution in [3.63, 3.8) is 0 Å². The summed E-state index contributed by atoms with van der Waals surface area (Å²) >= 11 is 6.08. The minimum atomic E-state index is -0.926. The number of furan rings is 1. The van der Waals surface area contributed by atoms with Crippen molar-refractivity contribution in [3.05, 3.63) is 88.3 Å². The third-order valence-corrected chi connectivity index (χ3v) is 5.49. The van der Waals surface area contributed by atoms with Crippen LogP contribution in [-0.2, 0) is 9.59 Å². The summed E-state index contributed by atoms with van der Waals surface area (Å²) in [5, 5.41) is 11.7. The molecule has 1 unspecified atom stereocenters. The number of hydrogen-bond donors (Lipinski definition) is 1. The smallest absolute Gasteiger partial charge is 0.300 e. The van der Waals surface area contributed by atoms with Gasteiger partial charge in [0.15, 0.2) is 0 Å². The summed E-state index contributed by atoms with van der Waals surface area (Å²) in [5.41, 5.74) is 1.55. The van der Waals surface area contributed by atoms with Crippen LogP contribution in [0.1, 0.15) is 36.3 Å². The summed E-state index contributed by atoms with van der Waals surface area (Å²) in [5.74, 6) is -0.914. The van der Waals surface area contributed by atoms with Crippen molar-refractivity contribution in [3.8, 4) is 5.75 Å². The number of aliphatic hydroxyl groups excluding tert-OH is 1. The second kappa shape index (κ2) is 8.93. The average Bonchev–Trinajstić information content (AvgIpc) is 3.40. The zero-order valence-electron chi connectivity index (χ0n) is 17.7. The third kappa shape index (κ3) is 3.89. The van der Waals surface area contributed by atoms with Gasteiger partial charge in [0.1, 0.15) is 23.3 Å². The van der Waals surface area contributed by atoms with Gasteiger partial charge < -0.3 is 14.3 Å². The number of halogens is 1. The quantitative estimate of drug-likeness (QED) is 0.297. The molecule has 1 aliphatic heterocycles. The highest BCUT2D eigenvalue weighted by atomic mass is 35.5. The number of Topliss-reactive ketones (excluding diaryl/α,β-unsaturated/α-hetero) is 1. The van der Waals surface area contributed by atoms with Crippen LogP contribution in [0.5, 0.6) is 5.75 Å². The number of ether oxygens (including phenoxy) is 1. The van der Waals surface area contributed by atoms with Gasteiger partial charge in [0.2, 0.25) is 0 Å². The Morgan fingerprint density at radius 3 is 2.66 bits per heavy atom. The van der Waals surface area contributed by atoms with Crippen LogP contribution in [0.3, 0.4) is 0 Å². The van der Waals surface area contributed by atoms with Gasteiger partial charge in [0, 0.05) is 16.3 Å². The van der Waals surface area contributed by atoms with Crippen LogP contribution in [0.15, 0.2) is 70.9 Å². The van der Waals surface area contributed by atoms with Crippen molar-refractivity contribution >= 4 is 34.7 Å². The minimum absolute atomic E-state index is 0.0491. The molecule has 1 saturated heterocycles. The molecule has 1 atom stereocenters. The van der Waals surface area contributed by atoms with Crippen LogP contribution in [-0.4, -0.2) is 23.4 Å². The predicted octanol–water partition coefficient (Wildman–Crippen LogP) is 5.66. The maximum absolute atomic E-state index is 13.1. The molecule has 2 heterocycles. The van der Waals surface area contributed by atoms with Crippen LogP contribution >= 0.6 is 11.6 Å². The van der Waals surface area contributed by atoms with Crippen LogP contribution in [0.25, 0.3) is 5.76 Å². The van der Waals surface area contributed by atoms with E-state index in [-0.39, 0.29) is 11.3 Å². The number of nitrogens with zero attached hydrogens (tertiary/aromatic N) is 1. The summed E-state index contributed by atoms with van der Waals surface area (Å²) in [7, 11) is 0. The number of anilines is 1. The van der Waals surface area contributed by atoms with Gasteiger partial charge in [-0.2, -0.15) is 0 Å². The zero-order valence-corrected chi connectivity index (χ0v) is 18.4. The highest BCUT2D eigenvalue weighted by molar-refractivity contribution is 6.51. The summed E-state index contributed by atoms with van der Waals surface area (Å²) in [6.45, 7) is 4.32. The lowest BCUT2D eigenvalue weighted by atomic mass is 9.99. The number of aliphatic hydroxyl groups is 1. The molecule has 1 amide bonds. The van der Waals surface area contributed by atoms with Crippen molar-refractivity contribution in [1.29, 1.82) is 0 Å². The normalized spacial score (nSPS) is 17.7. The zero-order chi connectivity index (χ0) is 22.8. The van der Waals surface area contributed by atoms with Crippen LogP contribution in [0.4, 0.5) is 5.69 Å². The van der Waals surface area contributed by atoms with Gasteiger partial charge in [0.25, 0.3) is 11.7 Å². The maximum Gasteiger partial charge on any atom is 0.300 e. The second-order valence-electron chi connectivity index (χ2n) is 7.49. The fraction of sp³-hybridized carbons (Fsp3) is 0.200. The molecule has 0 radical (unpaired) electrons. The van der Waals surface area contributed by atoms with Crippen molar-refractivity contribution in [2.75, 3.05) is 11.5 Å². The van der Waals surface area contributed by atoms with E-state index in [1.165, 1.54) is 11.2 Å². The van der Waals surface area contributed by atoms with E-state index in [1.54, 1.807) is 61.5 Å². The van der Waals surface area contributed by atoms with E-state index in [1.807, 2.05) is 6.92 Å². The fourth-order valence-electron chi connectivity index (χ4n) is 3.79. The Labute approximate surface area is 190 Å². The largest absolute Gasteiger partial charge is 0.507 e. The molecule has 1 aromatic heterocycles. The molecule has 0 saturated carbocycles. The number of benzene rings is 2. The summed E-state index contributed by atoms with van der Waals surface area (Å²) in [6.07, 6.45) is 2.30. The Balaban J connectivity index is 1.87. The van der Waals surface area contributed by atoms with E-state index < -0.39 is 17.7 Å². The van der Waals surface area contributed by atoms with Crippen molar-refractivity contribution in [2.45, 2.75) is 26.3 Å². The number of amides is 1. The summed E-state index contributed by atoms with van der Waals surface area (Å²) in [4.78, 5) is 27.6. The first-order valence-electron chi connectivity index (χ1n) is 10.3. The van der Waals surface area contributed by atoms with E-state index in [4.69, 9.17) is 20.8 Å². The van der Waals surface area contributed by atoms with Gasteiger partial charge in [-0.25, -0.2) is 0 Å². The molecular weight excluding hydrogens is 430 g/mol. The van der Waals surface area contributed by atoms with Gasteiger partial charge in [-0.15, -0.1) is 0 Å². The SMILES string of the molecule is CCCOc1cccc(/C(O)=C2/C(=O)C(=O)N(c3ccc(Cl)cc3C)C2c2ccco2)c1. The molecule has 1 N–H and O–H groups in total. The fourth-order valence-corrected chi connectivity index (χ4v) is 4.02. The van der Waals surface area contributed by atoms with Gasteiger partial charge in [-0.1, -0.05) is 30.7 Å². The minimum Gasteiger partial charge on any atom is -0.507 e. The lowest BCUT2D eigenvalue weighted by Crippen LogP contribution is -2.29. The molecule has 2 aromatic carbocycles. The predicted molar refractivity (Wildman–Crippen MR) is 122 cm³/mol. The molecule has 1 aliphatic rings. The van der Waals surface area contributed by atoms with Crippen LogP contribution in [0.2, 0.25) is 5.02 Å². The highest BCUT2D eigenvalue weighted by Gasteiger charge is 2.48. The Bertz CT molecular complexity index is 1200. The Morgan fingerprint density at radius 2 is 1.97 bits per heavy atom. The number of hydrogen-bond acceptors (Lipinski definition) is 5. The molecule has 7 heteroatoms. The first-order chi connectivity index (χ1) is 15.4. The number of carbonyl (C=O) groups is 2. The van der Waals surface area contributed by atoms with E-state index in [2.05, 4.69) is 0 Å². The van der Waals surface area contributed by atoms with Gasteiger partial charge in [-0.05, 0) is 61.4 Å². The maximum atomic E-state index is 13.1. The number of carbonyl (C=O) groups excluding carboxylic acids is 2. The monoisotopic (exact) mass is 451 g/mol. The standard InChI is InChI=1S/C25H22ClNO5/c1-3-11-31-18-7-4-6-16(14-18)23(28)21-22(20-8-5-12-32-20)27(25(30)24(21)29)19-10-9-17(26)13-15(19)2/h4-10,12-14,22,28H,3,11H2,1-2H3/b23-21-. The molecular formula is C25H22ClNO5. The topological polar surface area (TPSA) is 80.0 Å². The molecule has 4 rings (SSSR count). The molecule has 164 valence electrons. The van der Waals surface area contributed by atoms with Gasteiger partial charge in [-0.3, -0.25) is 14.5 Å². The Kier molecular flexibility index (Phi) is 6.06. The molecule has 0 bridgehead atoms. The highest BCUT2D eigenvalue weighted by Crippen LogP contribution is 2.43. The van der Waals surface area contributed by atoms with Crippen LogP contribution < -0.4 is 9.64 Å². The Morgan fingerprint density at radius 1 is 1.16 bits per heavy atom. The van der Waals surface area contributed by atoms with Gasteiger partial charge >= 0.3 is 0 Å². The summed E-state index contributed by atoms with van der Waals surface area (Å²) in [6, 6.07) is 14.3. The molecule has 3 aromatic rings. The Hall–Kier alpha value is -3.51. The molecule has 6 nitrogen and oxygen atoms in total. The lowest BCUT2D eigenvalue weighted by molar-refractivity contribution is -0.132. The first-order valence-corrected chi connectivity index (χ1v) is 10.6. The van der Waals surface area contributed by atoms with E-state index in [9.17, 15) is 14.7 Å². The second-order valence-corrected chi connectivity index (χ2v) is 7.93. The average molecular weight is 452 g/mol.